The molecule has 2 aromatic heterocycles. The Balaban J connectivity index is 1.28. The zero-order chi connectivity index (χ0) is 26.8. The van der Waals surface area contributed by atoms with E-state index in [1.54, 1.807) is 0 Å². The second kappa shape index (κ2) is 12.9. The van der Waals surface area contributed by atoms with Crippen LogP contribution in [0.2, 0.25) is 0 Å². The molecular formula is C30H36N6O2. The quantitative estimate of drug-likeness (QED) is 0.202. The van der Waals surface area contributed by atoms with Crippen LogP contribution in [-0.2, 0) is 4.79 Å². The van der Waals surface area contributed by atoms with Crippen molar-refractivity contribution in [3.63, 3.8) is 0 Å². The van der Waals surface area contributed by atoms with Crippen molar-refractivity contribution in [3.8, 4) is 28.3 Å². The highest BCUT2D eigenvalue weighted by atomic mass is 16.5. The number of H-pyrrole nitrogens is 1. The van der Waals surface area contributed by atoms with Crippen LogP contribution in [0.1, 0.15) is 64.1 Å². The molecule has 1 atom stereocenters. The van der Waals surface area contributed by atoms with Crippen molar-refractivity contribution in [1.82, 2.24) is 25.6 Å². The summed E-state index contributed by atoms with van der Waals surface area (Å²) in [5.41, 5.74) is 9.88. The van der Waals surface area contributed by atoms with Crippen LogP contribution in [0.15, 0.2) is 72.8 Å². The summed E-state index contributed by atoms with van der Waals surface area (Å²) in [6.45, 7) is 5.13. The molecule has 38 heavy (non-hydrogen) atoms. The molecule has 0 fully saturated rings. The average Bonchev–Trinajstić information content (AvgIpc) is 3.46. The molecule has 198 valence electrons. The maximum Gasteiger partial charge on any atom is 0.228 e. The number of amides is 1. The Kier molecular flexibility index (Phi) is 9.19. The lowest BCUT2D eigenvalue weighted by Gasteiger charge is -2.25. The van der Waals surface area contributed by atoms with Gasteiger partial charge < -0.3 is 10.5 Å². The number of nitrogens with one attached hydrogen (secondary N) is 1. The number of aromatic amines is 1. The van der Waals surface area contributed by atoms with Gasteiger partial charge in [0.1, 0.15) is 5.92 Å². The van der Waals surface area contributed by atoms with E-state index >= 15 is 0 Å². The fourth-order valence-corrected chi connectivity index (χ4v) is 4.64. The number of unbranched alkanes of at least 4 members (excludes halogenated alkanes) is 1. The third-order valence-corrected chi connectivity index (χ3v) is 6.84. The van der Waals surface area contributed by atoms with Gasteiger partial charge in [0.05, 0.1) is 12.3 Å². The summed E-state index contributed by atoms with van der Waals surface area (Å²) >= 11 is 0. The molecule has 2 heterocycles. The number of tetrazole rings is 1. The summed E-state index contributed by atoms with van der Waals surface area (Å²) in [5.74, 6) is 0.0934. The summed E-state index contributed by atoms with van der Waals surface area (Å²) in [6.07, 6.45) is 5.51. The van der Waals surface area contributed by atoms with E-state index in [1.165, 1.54) is 0 Å². The number of carbonyl (C=O) groups excluding carboxylic acids is 1. The number of aromatic nitrogens is 5. The van der Waals surface area contributed by atoms with Gasteiger partial charge >= 0.3 is 0 Å². The van der Waals surface area contributed by atoms with Gasteiger partial charge in [0.2, 0.25) is 11.8 Å². The van der Waals surface area contributed by atoms with E-state index in [-0.39, 0.29) is 5.41 Å². The molecule has 8 nitrogen and oxygen atoms in total. The number of hydrogen-bond acceptors (Lipinski definition) is 6. The monoisotopic (exact) mass is 512 g/mol. The van der Waals surface area contributed by atoms with E-state index < -0.39 is 11.8 Å². The molecule has 0 saturated heterocycles. The Morgan fingerprint density at radius 2 is 1.61 bits per heavy atom. The van der Waals surface area contributed by atoms with Crippen molar-refractivity contribution < 1.29 is 9.53 Å². The molecule has 0 aliphatic rings. The van der Waals surface area contributed by atoms with Crippen molar-refractivity contribution in [2.24, 2.45) is 11.1 Å². The Labute approximate surface area is 224 Å². The Bertz CT molecular complexity index is 1220. The van der Waals surface area contributed by atoms with Crippen LogP contribution in [-0.4, -0.2) is 38.1 Å². The Hall–Kier alpha value is -4.07. The van der Waals surface area contributed by atoms with Gasteiger partial charge in [0.25, 0.3) is 0 Å². The highest BCUT2D eigenvalue weighted by Crippen LogP contribution is 2.32. The molecule has 8 heteroatoms. The minimum Gasteiger partial charge on any atom is -0.478 e. The second-order valence-corrected chi connectivity index (χ2v) is 10.4. The largest absolute Gasteiger partial charge is 0.478 e. The summed E-state index contributed by atoms with van der Waals surface area (Å²) < 4.78 is 6.14. The predicted molar refractivity (Wildman–Crippen MR) is 148 cm³/mol. The minimum absolute atomic E-state index is 0.144. The highest BCUT2D eigenvalue weighted by molar-refractivity contribution is 5.80. The van der Waals surface area contributed by atoms with Crippen molar-refractivity contribution in [2.45, 2.75) is 58.3 Å². The average molecular weight is 513 g/mol. The molecule has 1 unspecified atom stereocenters. The highest BCUT2D eigenvalue weighted by Gasteiger charge is 2.24. The van der Waals surface area contributed by atoms with E-state index in [0.29, 0.717) is 24.7 Å². The van der Waals surface area contributed by atoms with Crippen LogP contribution in [0.25, 0.3) is 22.4 Å². The van der Waals surface area contributed by atoms with Gasteiger partial charge in [0, 0.05) is 11.6 Å². The molecule has 0 spiro atoms. The lowest BCUT2D eigenvalue weighted by Crippen LogP contribution is -2.23. The topological polar surface area (TPSA) is 120 Å². The standard InChI is InChI=1S/C30H36N6O2/c1-30(2,18-11-16-25(28(31)37)29-33-35-36-34-29)17-9-10-19-38-27-21-24(22-12-5-3-6-13-22)20-26(32-27)23-14-7-4-8-15-23/h3-8,12-15,20-21,25H,9-11,16-19H2,1-2H3,(H2,31,37)(H,33,34,35,36). The van der Waals surface area contributed by atoms with Crippen molar-refractivity contribution in [3.05, 3.63) is 78.6 Å². The molecule has 1 amide bonds. The van der Waals surface area contributed by atoms with Gasteiger partial charge in [-0.1, -0.05) is 86.1 Å². The fourth-order valence-electron chi connectivity index (χ4n) is 4.64. The van der Waals surface area contributed by atoms with Crippen LogP contribution < -0.4 is 10.5 Å². The van der Waals surface area contributed by atoms with E-state index in [0.717, 1.165) is 54.5 Å². The normalized spacial score (nSPS) is 12.3. The summed E-state index contributed by atoms with van der Waals surface area (Å²) in [6, 6.07) is 24.6. The van der Waals surface area contributed by atoms with Gasteiger partial charge in [0.15, 0.2) is 5.82 Å². The number of nitrogens with zero attached hydrogens (tertiary/aromatic N) is 4. The first-order valence-electron chi connectivity index (χ1n) is 13.2. The molecule has 2 aromatic carbocycles. The number of primary amides is 1. The van der Waals surface area contributed by atoms with Crippen molar-refractivity contribution in [1.29, 1.82) is 0 Å². The van der Waals surface area contributed by atoms with Crippen LogP contribution in [0.4, 0.5) is 0 Å². The maximum atomic E-state index is 11.8. The molecular weight excluding hydrogens is 476 g/mol. The third kappa shape index (κ3) is 7.71. The number of nitrogens with two attached hydrogens (primary N) is 1. The number of hydrogen-bond donors (Lipinski definition) is 2. The summed E-state index contributed by atoms with van der Waals surface area (Å²) in [4.78, 5) is 16.6. The second-order valence-electron chi connectivity index (χ2n) is 10.4. The van der Waals surface area contributed by atoms with E-state index in [9.17, 15) is 4.79 Å². The molecule has 0 bridgehead atoms. The number of carbonyl (C=O) groups is 1. The Morgan fingerprint density at radius 1 is 0.921 bits per heavy atom. The van der Waals surface area contributed by atoms with Gasteiger partial charge in [-0.15, -0.1) is 10.2 Å². The van der Waals surface area contributed by atoms with E-state index in [4.69, 9.17) is 15.5 Å². The number of ether oxygens (including phenoxy) is 1. The number of benzene rings is 2. The fraction of sp³-hybridized carbons (Fsp3) is 0.367. The molecule has 4 rings (SSSR count). The first-order valence-corrected chi connectivity index (χ1v) is 13.2. The molecule has 4 aromatic rings. The van der Waals surface area contributed by atoms with Crippen molar-refractivity contribution >= 4 is 5.91 Å². The summed E-state index contributed by atoms with van der Waals surface area (Å²) in [7, 11) is 0. The SMILES string of the molecule is CC(C)(CCCCOc1cc(-c2ccccc2)cc(-c2ccccc2)n1)CCCC(C(N)=O)c1nn[nH]n1. The smallest absolute Gasteiger partial charge is 0.228 e. The minimum atomic E-state index is -0.502. The number of rotatable bonds is 14. The van der Waals surface area contributed by atoms with Gasteiger partial charge in [-0.2, -0.15) is 5.21 Å². The van der Waals surface area contributed by atoms with Gasteiger partial charge in [-0.3, -0.25) is 4.79 Å². The first kappa shape index (κ1) is 27.0. The molecule has 3 N–H and O–H groups in total. The van der Waals surface area contributed by atoms with E-state index in [2.05, 4.69) is 64.8 Å². The molecule has 0 saturated carbocycles. The first-order chi connectivity index (χ1) is 18.4. The van der Waals surface area contributed by atoms with E-state index in [1.807, 2.05) is 42.5 Å². The molecule has 0 radical (unpaired) electrons. The molecule has 0 aliphatic carbocycles. The summed E-state index contributed by atoms with van der Waals surface area (Å²) in [5, 5.41) is 13.8. The zero-order valence-corrected chi connectivity index (χ0v) is 22.1. The predicted octanol–water partition coefficient (Wildman–Crippen LogP) is 5.94. The maximum absolute atomic E-state index is 11.8. The Morgan fingerprint density at radius 3 is 2.26 bits per heavy atom. The van der Waals surface area contributed by atoms with Crippen LogP contribution in [0, 0.1) is 5.41 Å². The lowest BCUT2D eigenvalue weighted by atomic mass is 9.81. The third-order valence-electron chi connectivity index (χ3n) is 6.84. The van der Waals surface area contributed by atoms with Crippen LogP contribution in [0.5, 0.6) is 5.88 Å². The zero-order valence-electron chi connectivity index (χ0n) is 22.1. The van der Waals surface area contributed by atoms with Crippen LogP contribution in [0.3, 0.4) is 0 Å². The van der Waals surface area contributed by atoms with Crippen molar-refractivity contribution in [2.75, 3.05) is 6.61 Å². The molecule has 0 aliphatic heterocycles. The van der Waals surface area contributed by atoms with Gasteiger partial charge in [-0.05, 0) is 54.7 Å². The number of pyridine rings is 1. The lowest BCUT2D eigenvalue weighted by molar-refractivity contribution is -0.119. The van der Waals surface area contributed by atoms with Gasteiger partial charge in [-0.25, -0.2) is 4.98 Å². The van der Waals surface area contributed by atoms with Crippen LogP contribution >= 0.6 is 0 Å².